The van der Waals surface area contributed by atoms with E-state index in [2.05, 4.69) is 18.9 Å². The minimum absolute atomic E-state index is 0.130. The Labute approximate surface area is 85.1 Å². The summed E-state index contributed by atoms with van der Waals surface area (Å²) >= 11 is 0. The molecule has 1 unspecified atom stereocenters. The summed E-state index contributed by atoms with van der Waals surface area (Å²) in [5.41, 5.74) is 2.10. The molecule has 0 spiro atoms. The lowest BCUT2D eigenvalue weighted by atomic mass is 9.97. The standard InChI is InChI=1S/C11H20N2O/c1-5-6-8(2)7-10-9(3)12-13(4)11(10)14/h8,12H,5-7H2,1-4H3. The molecule has 1 heterocycles. The first-order valence-corrected chi connectivity index (χ1v) is 5.30. The van der Waals surface area contributed by atoms with Crippen molar-refractivity contribution in [1.82, 2.24) is 9.78 Å². The van der Waals surface area contributed by atoms with Gasteiger partial charge in [-0.2, -0.15) is 0 Å². The van der Waals surface area contributed by atoms with Crippen LogP contribution in [0.5, 0.6) is 0 Å². The molecule has 0 saturated heterocycles. The molecule has 0 aliphatic rings. The van der Waals surface area contributed by atoms with Gasteiger partial charge in [-0.15, -0.1) is 0 Å². The topological polar surface area (TPSA) is 37.8 Å². The van der Waals surface area contributed by atoms with Gasteiger partial charge in [-0.1, -0.05) is 26.7 Å². The summed E-state index contributed by atoms with van der Waals surface area (Å²) in [6, 6.07) is 0. The SMILES string of the molecule is CCCC(C)Cc1c(C)[nH]n(C)c1=O. The van der Waals surface area contributed by atoms with Gasteiger partial charge in [0.25, 0.3) is 5.56 Å². The average molecular weight is 196 g/mol. The molecule has 3 nitrogen and oxygen atoms in total. The molecule has 0 bridgehead atoms. The Bertz CT molecular complexity index is 349. The van der Waals surface area contributed by atoms with E-state index in [0.717, 1.165) is 17.7 Å². The molecular weight excluding hydrogens is 176 g/mol. The van der Waals surface area contributed by atoms with Gasteiger partial charge in [-0.25, -0.2) is 0 Å². The zero-order chi connectivity index (χ0) is 10.7. The maximum Gasteiger partial charge on any atom is 0.269 e. The van der Waals surface area contributed by atoms with Crippen molar-refractivity contribution in [3.63, 3.8) is 0 Å². The van der Waals surface area contributed by atoms with Crippen molar-refractivity contribution < 1.29 is 0 Å². The van der Waals surface area contributed by atoms with Crippen molar-refractivity contribution in [3.05, 3.63) is 21.6 Å². The quantitative estimate of drug-likeness (QED) is 0.785. The lowest BCUT2D eigenvalue weighted by molar-refractivity contribution is 0.520. The van der Waals surface area contributed by atoms with E-state index in [9.17, 15) is 4.79 Å². The summed E-state index contributed by atoms with van der Waals surface area (Å²) in [5, 5.41) is 3.03. The number of aromatic nitrogens is 2. The molecule has 3 heteroatoms. The van der Waals surface area contributed by atoms with Crippen molar-refractivity contribution in [1.29, 1.82) is 0 Å². The first-order chi connectivity index (χ1) is 6.56. The van der Waals surface area contributed by atoms with E-state index >= 15 is 0 Å². The van der Waals surface area contributed by atoms with Crippen LogP contribution in [0.1, 0.15) is 37.9 Å². The number of aromatic amines is 1. The predicted molar refractivity (Wildman–Crippen MR) is 58.5 cm³/mol. The molecule has 1 atom stereocenters. The van der Waals surface area contributed by atoms with E-state index in [1.165, 1.54) is 12.8 Å². The highest BCUT2D eigenvalue weighted by Crippen LogP contribution is 2.12. The number of hydrogen-bond acceptors (Lipinski definition) is 1. The molecule has 14 heavy (non-hydrogen) atoms. The van der Waals surface area contributed by atoms with E-state index in [0.29, 0.717) is 5.92 Å². The summed E-state index contributed by atoms with van der Waals surface area (Å²) in [7, 11) is 1.77. The van der Waals surface area contributed by atoms with Gasteiger partial charge in [0.05, 0.1) is 0 Å². The van der Waals surface area contributed by atoms with E-state index in [-0.39, 0.29) is 5.56 Å². The zero-order valence-corrected chi connectivity index (χ0v) is 9.55. The molecule has 1 N–H and O–H groups in total. The Morgan fingerprint density at radius 2 is 2.14 bits per heavy atom. The summed E-state index contributed by atoms with van der Waals surface area (Å²) in [4.78, 5) is 11.7. The molecule has 0 aromatic carbocycles. The molecular formula is C11H20N2O. The van der Waals surface area contributed by atoms with Crippen LogP contribution >= 0.6 is 0 Å². The fourth-order valence-electron chi connectivity index (χ4n) is 1.92. The highest BCUT2D eigenvalue weighted by molar-refractivity contribution is 5.16. The van der Waals surface area contributed by atoms with Crippen molar-refractivity contribution in [2.75, 3.05) is 0 Å². The van der Waals surface area contributed by atoms with E-state index in [1.807, 2.05) is 6.92 Å². The Hall–Kier alpha value is -0.990. The summed E-state index contributed by atoms with van der Waals surface area (Å²) in [5.74, 6) is 0.599. The smallest absolute Gasteiger partial charge is 0.269 e. The van der Waals surface area contributed by atoms with Gasteiger partial charge < -0.3 is 0 Å². The second kappa shape index (κ2) is 4.49. The minimum Gasteiger partial charge on any atom is -0.300 e. The maximum atomic E-state index is 11.7. The van der Waals surface area contributed by atoms with E-state index in [1.54, 1.807) is 11.7 Å². The molecule has 80 valence electrons. The Morgan fingerprint density at radius 3 is 2.57 bits per heavy atom. The summed E-state index contributed by atoms with van der Waals surface area (Å²) in [6.45, 7) is 6.35. The number of nitrogens with zero attached hydrogens (tertiary/aromatic N) is 1. The Balaban J connectivity index is 2.81. The van der Waals surface area contributed by atoms with Crippen molar-refractivity contribution in [2.45, 2.75) is 40.0 Å². The highest BCUT2D eigenvalue weighted by atomic mass is 16.1. The van der Waals surface area contributed by atoms with Gasteiger partial charge in [0.1, 0.15) is 0 Å². The van der Waals surface area contributed by atoms with Gasteiger partial charge in [0.2, 0.25) is 0 Å². The molecule has 0 aliphatic heterocycles. The van der Waals surface area contributed by atoms with Gasteiger partial charge in [-0.05, 0) is 19.3 Å². The van der Waals surface area contributed by atoms with E-state index in [4.69, 9.17) is 0 Å². The monoisotopic (exact) mass is 196 g/mol. The van der Waals surface area contributed by atoms with Gasteiger partial charge in [0.15, 0.2) is 0 Å². The zero-order valence-electron chi connectivity index (χ0n) is 9.55. The third-order valence-electron chi connectivity index (χ3n) is 2.68. The number of aryl methyl sites for hydroxylation is 2. The Morgan fingerprint density at radius 1 is 1.50 bits per heavy atom. The molecule has 0 fully saturated rings. The average Bonchev–Trinajstić information content (AvgIpc) is 2.33. The molecule has 0 radical (unpaired) electrons. The normalized spacial score (nSPS) is 13.1. The Kier molecular flexibility index (Phi) is 3.55. The second-order valence-corrected chi connectivity index (χ2v) is 4.18. The van der Waals surface area contributed by atoms with Crippen LogP contribution in [0.25, 0.3) is 0 Å². The molecule has 1 rings (SSSR count). The number of H-pyrrole nitrogens is 1. The van der Waals surface area contributed by atoms with Gasteiger partial charge in [0, 0.05) is 18.3 Å². The maximum absolute atomic E-state index is 11.7. The molecule has 0 aliphatic carbocycles. The van der Waals surface area contributed by atoms with Crippen LogP contribution < -0.4 is 5.56 Å². The largest absolute Gasteiger partial charge is 0.300 e. The number of hydrogen-bond donors (Lipinski definition) is 1. The second-order valence-electron chi connectivity index (χ2n) is 4.18. The predicted octanol–water partition coefficient (Wildman–Crippen LogP) is 2.00. The fourth-order valence-corrected chi connectivity index (χ4v) is 1.92. The minimum atomic E-state index is 0.130. The molecule has 0 amide bonds. The van der Waals surface area contributed by atoms with Gasteiger partial charge >= 0.3 is 0 Å². The van der Waals surface area contributed by atoms with Crippen LogP contribution in [-0.4, -0.2) is 9.78 Å². The summed E-state index contributed by atoms with van der Waals surface area (Å²) in [6.07, 6.45) is 3.27. The first-order valence-electron chi connectivity index (χ1n) is 5.30. The number of nitrogens with one attached hydrogen (secondary N) is 1. The van der Waals surface area contributed by atoms with E-state index < -0.39 is 0 Å². The van der Waals surface area contributed by atoms with Crippen LogP contribution in [0.3, 0.4) is 0 Å². The molecule has 0 saturated carbocycles. The van der Waals surface area contributed by atoms with Crippen LogP contribution in [-0.2, 0) is 13.5 Å². The highest BCUT2D eigenvalue weighted by Gasteiger charge is 2.11. The third kappa shape index (κ3) is 2.28. The fraction of sp³-hybridized carbons (Fsp3) is 0.727. The van der Waals surface area contributed by atoms with Crippen molar-refractivity contribution >= 4 is 0 Å². The van der Waals surface area contributed by atoms with Crippen molar-refractivity contribution in [3.8, 4) is 0 Å². The third-order valence-corrected chi connectivity index (χ3v) is 2.68. The summed E-state index contributed by atoms with van der Waals surface area (Å²) < 4.78 is 1.56. The van der Waals surface area contributed by atoms with Crippen LogP contribution in [0.2, 0.25) is 0 Å². The van der Waals surface area contributed by atoms with Crippen molar-refractivity contribution in [2.24, 2.45) is 13.0 Å². The van der Waals surface area contributed by atoms with Gasteiger partial charge in [-0.3, -0.25) is 14.6 Å². The lowest BCUT2D eigenvalue weighted by Crippen LogP contribution is -2.17. The van der Waals surface area contributed by atoms with Crippen LogP contribution in [0.4, 0.5) is 0 Å². The number of rotatable bonds is 4. The van der Waals surface area contributed by atoms with Crippen LogP contribution in [0.15, 0.2) is 4.79 Å². The van der Waals surface area contributed by atoms with Crippen LogP contribution in [0, 0.1) is 12.8 Å². The molecule has 1 aromatic heterocycles. The first kappa shape index (κ1) is 11.1. The molecule has 1 aromatic rings. The lowest BCUT2D eigenvalue weighted by Gasteiger charge is -2.07.